The van der Waals surface area contributed by atoms with Crippen molar-refractivity contribution >= 4 is 5.97 Å². The van der Waals surface area contributed by atoms with Crippen molar-refractivity contribution < 1.29 is 9.53 Å². The summed E-state index contributed by atoms with van der Waals surface area (Å²) in [5, 5.41) is 3.28. The van der Waals surface area contributed by atoms with Crippen LogP contribution in [0.3, 0.4) is 0 Å². The molecule has 0 heterocycles. The van der Waals surface area contributed by atoms with E-state index in [2.05, 4.69) is 12.2 Å². The lowest BCUT2D eigenvalue weighted by molar-refractivity contribution is -0.137. The van der Waals surface area contributed by atoms with E-state index in [0.29, 0.717) is 6.61 Å². The van der Waals surface area contributed by atoms with Crippen LogP contribution in [0.1, 0.15) is 111 Å². The largest absolute Gasteiger partial charge is 0.463 e. The summed E-state index contributed by atoms with van der Waals surface area (Å²) < 4.78 is 4.89. The van der Waals surface area contributed by atoms with E-state index in [1.54, 1.807) is 0 Å². The molecule has 0 aromatic carbocycles. The van der Waals surface area contributed by atoms with Crippen molar-refractivity contribution in [3.8, 4) is 0 Å². The van der Waals surface area contributed by atoms with Crippen molar-refractivity contribution in [3.63, 3.8) is 0 Å². The van der Waals surface area contributed by atoms with E-state index in [9.17, 15) is 4.79 Å². The lowest BCUT2D eigenvalue weighted by Gasteiger charge is -2.06. The van der Waals surface area contributed by atoms with Crippen molar-refractivity contribution in [1.29, 1.82) is 0 Å². The smallest absolute Gasteiger partial charge is 0.332 e. The maximum Gasteiger partial charge on any atom is 0.332 e. The molecule has 0 rings (SSSR count). The van der Waals surface area contributed by atoms with Gasteiger partial charge in [0.05, 0.1) is 6.61 Å². The maximum atomic E-state index is 11.3. The molecule has 3 nitrogen and oxygen atoms in total. The highest BCUT2D eigenvalue weighted by Crippen LogP contribution is 2.12. The molecule has 0 saturated heterocycles. The van der Waals surface area contributed by atoms with Crippen molar-refractivity contribution in [2.75, 3.05) is 13.2 Å². The summed E-state index contributed by atoms with van der Waals surface area (Å²) in [5.74, 6) is -0.256. The van der Waals surface area contributed by atoms with Gasteiger partial charge in [-0.05, 0) is 20.3 Å². The summed E-state index contributed by atoms with van der Waals surface area (Å²) in [6, 6.07) is 0. The van der Waals surface area contributed by atoms with Crippen LogP contribution in [0.2, 0.25) is 0 Å². The van der Waals surface area contributed by atoms with E-state index < -0.39 is 0 Å². The molecule has 25 heavy (non-hydrogen) atoms. The highest BCUT2D eigenvalue weighted by molar-refractivity contribution is 5.82. The first-order valence-corrected chi connectivity index (χ1v) is 10.8. The highest BCUT2D eigenvalue weighted by Gasteiger charge is 1.98. The van der Waals surface area contributed by atoms with Crippen LogP contribution < -0.4 is 5.32 Å². The number of carbonyl (C=O) groups is 1. The Balaban J connectivity index is 3.22. The third kappa shape index (κ3) is 19.2. The van der Waals surface area contributed by atoms with E-state index in [1.807, 2.05) is 13.8 Å². The number of nitrogens with one attached hydrogen (secondary N) is 1. The van der Waals surface area contributed by atoms with Crippen molar-refractivity contribution in [3.05, 3.63) is 11.8 Å². The maximum absolute atomic E-state index is 11.3. The SMILES string of the molecule is CCCCCCCCCCCCCCCCNC(C)=CC(=O)OCC. The molecule has 1 N–H and O–H groups in total. The first-order valence-electron chi connectivity index (χ1n) is 10.8. The number of esters is 1. The van der Waals surface area contributed by atoms with Crippen LogP contribution in [-0.4, -0.2) is 19.1 Å². The average molecular weight is 354 g/mol. The topological polar surface area (TPSA) is 38.3 Å². The molecule has 0 aliphatic rings. The standard InChI is InChI=1S/C22H43NO2/c1-4-6-7-8-9-10-11-12-13-14-15-16-17-18-19-23-21(3)20-22(24)25-5-2/h20,23H,4-19H2,1-3H3. The quantitative estimate of drug-likeness (QED) is 0.173. The fourth-order valence-electron chi connectivity index (χ4n) is 3.02. The molecule has 0 aromatic rings. The van der Waals surface area contributed by atoms with Crippen LogP contribution in [-0.2, 0) is 9.53 Å². The van der Waals surface area contributed by atoms with Crippen LogP contribution in [0.25, 0.3) is 0 Å². The lowest BCUT2D eigenvalue weighted by atomic mass is 10.0. The Morgan fingerprint density at radius 2 is 1.20 bits per heavy atom. The molecule has 148 valence electrons. The predicted molar refractivity (Wildman–Crippen MR) is 109 cm³/mol. The first-order chi connectivity index (χ1) is 12.2. The van der Waals surface area contributed by atoms with E-state index in [4.69, 9.17) is 4.74 Å². The van der Waals surface area contributed by atoms with Gasteiger partial charge < -0.3 is 10.1 Å². The van der Waals surface area contributed by atoms with Crippen molar-refractivity contribution in [2.24, 2.45) is 0 Å². The zero-order valence-electron chi connectivity index (χ0n) is 17.2. The number of ether oxygens (including phenoxy) is 1. The van der Waals surface area contributed by atoms with Gasteiger partial charge in [-0.25, -0.2) is 4.79 Å². The molecule has 0 unspecified atom stereocenters. The van der Waals surface area contributed by atoms with Gasteiger partial charge in [-0.2, -0.15) is 0 Å². The molecular weight excluding hydrogens is 310 g/mol. The Hall–Kier alpha value is -0.990. The lowest BCUT2D eigenvalue weighted by Crippen LogP contribution is -2.14. The van der Waals surface area contributed by atoms with Crippen LogP contribution in [0.4, 0.5) is 0 Å². The van der Waals surface area contributed by atoms with Crippen LogP contribution in [0.5, 0.6) is 0 Å². The summed E-state index contributed by atoms with van der Waals surface area (Å²) >= 11 is 0. The van der Waals surface area contributed by atoms with Crippen molar-refractivity contribution in [2.45, 2.75) is 111 Å². The average Bonchev–Trinajstić information content (AvgIpc) is 2.58. The van der Waals surface area contributed by atoms with Gasteiger partial charge in [0.1, 0.15) is 0 Å². The summed E-state index contributed by atoms with van der Waals surface area (Å²) in [4.78, 5) is 11.3. The van der Waals surface area contributed by atoms with Gasteiger partial charge in [0.2, 0.25) is 0 Å². The predicted octanol–water partition coefficient (Wildman–Crippen LogP) is 6.52. The summed E-state index contributed by atoms with van der Waals surface area (Å²) in [5.41, 5.74) is 0.896. The summed E-state index contributed by atoms with van der Waals surface area (Å²) in [6.07, 6.45) is 20.9. The molecule has 0 spiro atoms. The van der Waals surface area contributed by atoms with E-state index >= 15 is 0 Å². The van der Waals surface area contributed by atoms with Crippen LogP contribution in [0.15, 0.2) is 11.8 Å². The minimum atomic E-state index is -0.256. The van der Waals surface area contributed by atoms with Crippen LogP contribution in [0, 0.1) is 0 Å². The monoisotopic (exact) mass is 353 g/mol. The Kier molecular flexibility index (Phi) is 18.6. The number of hydrogen-bond donors (Lipinski definition) is 1. The van der Waals surface area contributed by atoms with E-state index in [1.165, 1.54) is 96.0 Å². The second-order valence-corrected chi connectivity index (χ2v) is 7.10. The number of carbonyl (C=O) groups excluding carboxylic acids is 1. The zero-order valence-corrected chi connectivity index (χ0v) is 17.2. The van der Waals surface area contributed by atoms with Gasteiger partial charge in [-0.15, -0.1) is 0 Å². The minimum Gasteiger partial charge on any atom is -0.463 e. The molecule has 0 aliphatic heterocycles. The molecule has 0 amide bonds. The summed E-state index contributed by atoms with van der Waals surface area (Å²) in [7, 11) is 0. The van der Waals surface area contributed by atoms with E-state index in [-0.39, 0.29) is 5.97 Å². The number of rotatable bonds is 18. The first kappa shape index (κ1) is 24.0. The minimum absolute atomic E-state index is 0.256. The second kappa shape index (κ2) is 19.3. The van der Waals surface area contributed by atoms with Gasteiger partial charge in [0.25, 0.3) is 0 Å². The molecule has 0 fully saturated rings. The molecule has 3 heteroatoms. The van der Waals surface area contributed by atoms with Gasteiger partial charge in [0.15, 0.2) is 0 Å². The van der Waals surface area contributed by atoms with Crippen LogP contribution >= 0.6 is 0 Å². The van der Waals surface area contributed by atoms with Gasteiger partial charge in [-0.3, -0.25) is 0 Å². The Morgan fingerprint density at radius 1 is 0.760 bits per heavy atom. The third-order valence-corrected chi connectivity index (χ3v) is 4.56. The van der Waals surface area contributed by atoms with Gasteiger partial charge in [0, 0.05) is 18.3 Å². The molecule has 0 atom stereocenters. The van der Waals surface area contributed by atoms with Gasteiger partial charge >= 0.3 is 5.97 Å². The normalized spacial score (nSPS) is 11.6. The highest BCUT2D eigenvalue weighted by atomic mass is 16.5. The van der Waals surface area contributed by atoms with E-state index in [0.717, 1.165) is 12.2 Å². The molecule has 0 aromatic heterocycles. The second-order valence-electron chi connectivity index (χ2n) is 7.10. The Labute approximate surface area is 157 Å². The number of unbranched alkanes of at least 4 members (excludes halogenated alkanes) is 13. The molecular formula is C22H43NO2. The fourth-order valence-corrected chi connectivity index (χ4v) is 3.02. The van der Waals surface area contributed by atoms with Gasteiger partial charge in [-0.1, -0.05) is 90.4 Å². The zero-order chi connectivity index (χ0) is 18.6. The fraction of sp³-hybridized carbons (Fsp3) is 0.864. The molecule has 0 radical (unpaired) electrons. The molecule has 0 saturated carbocycles. The number of allylic oxidation sites excluding steroid dienone is 1. The summed E-state index contributed by atoms with van der Waals surface area (Å²) in [6.45, 7) is 7.39. The molecule has 0 aliphatic carbocycles. The Bertz CT molecular complexity index is 326. The molecule has 0 bridgehead atoms. The third-order valence-electron chi connectivity index (χ3n) is 4.56. The van der Waals surface area contributed by atoms with Crippen molar-refractivity contribution in [1.82, 2.24) is 5.32 Å². The number of hydrogen-bond acceptors (Lipinski definition) is 3. The Morgan fingerprint density at radius 3 is 1.64 bits per heavy atom.